The summed E-state index contributed by atoms with van der Waals surface area (Å²) in [6.45, 7) is 1.50. The van der Waals surface area contributed by atoms with Gasteiger partial charge in [-0.15, -0.1) is 0 Å². The second-order valence-corrected chi connectivity index (χ2v) is 1.80. The fraction of sp³-hybridized carbons (Fsp3) is 1.00. The highest BCUT2D eigenvalue weighted by Crippen LogP contribution is 1.99. The number of aliphatic hydroxyl groups is 1. The average molecular weight is 102 g/mol. The fourth-order valence-corrected chi connectivity index (χ4v) is 0.689. The van der Waals surface area contributed by atoms with Crippen molar-refractivity contribution in [2.45, 2.75) is 18.9 Å². The van der Waals surface area contributed by atoms with Gasteiger partial charge in [-0.05, 0) is 25.9 Å². The Bertz CT molecular complexity index is 68.8. The molecule has 2 nitrogen and oxygen atoms in total. The van der Waals surface area contributed by atoms with Crippen LogP contribution in [0.2, 0.25) is 0 Å². The van der Waals surface area contributed by atoms with E-state index in [-0.39, 0.29) is 6.40 Å². The number of hydrogen-bond acceptors (Lipinski definition) is 2. The zero-order chi connectivity index (χ0) is 5.98. The maximum absolute atomic E-state index is 8.95. The summed E-state index contributed by atoms with van der Waals surface area (Å²) >= 11 is 0. The molecule has 42 valence electrons. The predicted molar refractivity (Wildman–Crippen MR) is 28.1 cm³/mol. The standard InChI is InChI=1S/C5H11NO/c7-5-1-3-6-4-2-5/h5-7H,1-4H2/i1D. The van der Waals surface area contributed by atoms with Gasteiger partial charge in [0.15, 0.2) is 0 Å². The molecule has 2 N–H and O–H groups in total. The molecule has 2 heteroatoms. The Morgan fingerprint density at radius 3 is 3.00 bits per heavy atom. The minimum absolute atomic E-state index is 0.302. The maximum Gasteiger partial charge on any atom is 0.0564 e. The minimum atomic E-state index is -0.392. The van der Waals surface area contributed by atoms with Crippen molar-refractivity contribution in [3.8, 4) is 0 Å². The third kappa shape index (κ3) is 1.45. The van der Waals surface area contributed by atoms with Gasteiger partial charge in [0, 0.05) is 1.37 Å². The molecule has 1 fully saturated rings. The molecule has 0 aromatic carbocycles. The van der Waals surface area contributed by atoms with Crippen molar-refractivity contribution in [2.24, 2.45) is 0 Å². The lowest BCUT2D eigenvalue weighted by Crippen LogP contribution is -2.30. The van der Waals surface area contributed by atoms with E-state index in [4.69, 9.17) is 6.48 Å². The summed E-state index contributed by atoms with van der Waals surface area (Å²) in [6.07, 6.45) is 0.0359. The predicted octanol–water partition coefficient (Wildman–Crippen LogP) is -0.269. The van der Waals surface area contributed by atoms with Gasteiger partial charge in [0.1, 0.15) is 0 Å². The lowest BCUT2D eigenvalue weighted by atomic mass is 10.1. The summed E-state index contributed by atoms with van der Waals surface area (Å²) in [4.78, 5) is 0. The van der Waals surface area contributed by atoms with E-state index in [0.29, 0.717) is 6.54 Å². The van der Waals surface area contributed by atoms with Gasteiger partial charge >= 0.3 is 0 Å². The quantitative estimate of drug-likeness (QED) is 0.441. The molecule has 0 bridgehead atoms. The molecule has 2 atom stereocenters. The third-order valence-electron chi connectivity index (χ3n) is 1.15. The Balaban J connectivity index is 2.28. The molecule has 1 saturated heterocycles. The van der Waals surface area contributed by atoms with Crippen LogP contribution in [0.25, 0.3) is 0 Å². The molecule has 0 amide bonds. The zero-order valence-corrected chi connectivity index (χ0v) is 4.22. The molecule has 1 aliphatic heterocycles. The molecular weight excluding hydrogens is 90.1 g/mol. The Kier molecular flexibility index (Phi) is 1.26. The van der Waals surface area contributed by atoms with Crippen molar-refractivity contribution in [1.82, 2.24) is 5.32 Å². The first kappa shape index (κ1) is 3.87. The Morgan fingerprint density at radius 2 is 2.57 bits per heavy atom. The number of aliphatic hydroxyl groups excluding tert-OH is 1. The first-order valence-electron chi connectivity index (χ1n) is 3.19. The molecule has 0 radical (unpaired) electrons. The molecule has 2 unspecified atom stereocenters. The van der Waals surface area contributed by atoms with Crippen LogP contribution in [-0.2, 0) is 0 Å². The molecule has 7 heavy (non-hydrogen) atoms. The van der Waals surface area contributed by atoms with Gasteiger partial charge in [0.2, 0.25) is 0 Å². The van der Waals surface area contributed by atoms with Crippen molar-refractivity contribution in [3.63, 3.8) is 0 Å². The molecule has 0 aromatic heterocycles. The molecular formula is C5H11NO. The van der Waals surface area contributed by atoms with E-state index in [2.05, 4.69) is 5.32 Å². The third-order valence-corrected chi connectivity index (χ3v) is 1.15. The molecule has 1 heterocycles. The highest BCUT2D eigenvalue weighted by atomic mass is 16.3. The van der Waals surface area contributed by atoms with Gasteiger partial charge in [-0.1, -0.05) is 0 Å². The van der Waals surface area contributed by atoms with E-state index in [1.807, 2.05) is 0 Å². The van der Waals surface area contributed by atoms with Gasteiger partial charge in [-0.3, -0.25) is 0 Å². The molecule has 0 spiro atoms. The van der Waals surface area contributed by atoms with E-state index < -0.39 is 6.10 Å². The molecule has 1 rings (SSSR count). The normalized spacial score (nSPS) is 45.6. The fourth-order valence-electron chi connectivity index (χ4n) is 0.689. The summed E-state index contributed by atoms with van der Waals surface area (Å²) in [6, 6.07) is 0. The van der Waals surface area contributed by atoms with Crippen molar-refractivity contribution in [2.75, 3.05) is 13.1 Å². The Morgan fingerprint density at radius 1 is 1.71 bits per heavy atom. The van der Waals surface area contributed by atoms with Crippen LogP contribution in [0.4, 0.5) is 0 Å². The summed E-state index contributed by atoms with van der Waals surface area (Å²) < 4.78 is 7.17. The number of rotatable bonds is 0. The van der Waals surface area contributed by atoms with E-state index in [1.54, 1.807) is 0 Å². The Hall–Kier alpha value is -0.0800. The van der Waals surface area contributed by atoms with Crippen LogP contribution in [0.1, 0.15) is 14.2 Å². The molecule has 0 aliphatic carbocycles. The van der Waals surface area contributed by atoms with Gasteiger partial charge in [0.25, 0.3) is 0 Å². The topological polar surface area (TPSA) is 32.3 Å². The second kappa shape index (κ2) is 2.28. The van der Waals surface area contributed by atoms with E-state index in [9.17, 15) is 0 Å². The van der Waals surface area contributed by atoms with Crippen LogP contribution in [0, 0.1) is 0 Å². The smallest absolute Gasteiger partial charge is 0.0564 e. The lowest BCUT2D eigenvalue weighted by molar-refractivity contribution is 0.137. The van der Waals surface area contributed by atoms with Crippen LogP contribution in [0.15, 0.2) is 0 Å². The summed E-state index contributed by atoms with van der Waals surface area (Å²) in [5.74, 6) is 0. The van der Waals surface area contributed by atoms with Crippen LogP contribution in [-0.4, -0.2) is 24.3 Å². The van der Waals surface area contributed by atoms with Crippen molar-refractivity contribution >= 4 is 0 Å². The molecule has 1 aliphatic rings. The summed E-state index contributed by atoms with van der Waals surface area (Å²) in [7, 11) is 0. The number of piperidine rings is 1. The van der Waals surface area contributed by atoms with Crippen LogP contribution in [0.5, 0.6) is 0 Å². The van der Waals surface area contributed by atoms with Crippen LogP contribution >= 0.6 is 0 Å². The lowest BCUT2D eigenvalue weighted by Gasteiger charge is -2.16. The largest absolute Gasteiger partial charge is 0.393 e. The van der Waals surface area contributed by atoms with Gasteiger partial charge in [0.05, 0.1) is 6.10 Å². The van der Waals surface area contributed by atoms with E-state index in [0.717, 1.165) is 13.0 Å². The van der Waals surface area contributed by atoms with Crippen molar-refractivity contribution in [1.29, 1.82) is 0 Å². The van der Waals surface area contributed by atoms with Crippen LogP contribution in [0.3, 0.4) is 0 Å². The van der Waals surface area contributed by atoms with Gasteiger partial charge in [-0.2, -0.15) is 0 Å². The first-order valence-corrected chi connectivity index (χ1v) is 2.62. The number of nitrogens with one attached hydrogen (secondary N) is 1. The van der Waals surface area contributed by atoms with Gasteiger partial charge in [-0.25, -0.2) is 0 Å². The highest BCUT2D eigenvalue weighted by molar-refractivity contribution is 4.65. The Labute approximate surface area is 44.9 Å². The van der Waals surface area contributed by atoms with E-state index in [1.165, 1.54) is 0 Å². The summed E-state index contributed by atoms with van der Waals surface area (Å²) in [5.41, 5.74) is 0. The molecule has 0 aromatic rings. The first-order chi connectivity index (χ1) is 3.80. The summed E-state index contributed by atoms with van der Waals surface area (Å²) in [5, 5.41) is 12.0. The zero-order valence-electron chi connectivity index (χ0n) is 5.22. The monoisotopic (exact) mass is 102 g/mol. The number of hydrogen-bond donors (Lipinski definition) is 2. The van der Waals surface area contributed by atoms with Gasteiger partial charge < -0.3 is 10.4 Å². The van der Waals surface area contributed by atoms with Crippen molar-refractivity contribution in [3.05, 3.63) is 0 Å². The highest BCUT2D eigenvalue weighted by Gasteiger charge is 2.06. The molecule has 0 saturated carbocycles. The average Bonchev–Trinajstić information content (AvgIpc) is 1.77. The second-order valence-electron chi connectivity index (χ2n) is 1.80. The maximum atomic E-state index is 8.95. The van der Waals surface area contributed by atoms with Crippen LogP contribution < -0.4 is 5.32 Å². The SMILES string of the molecule is [2H]C1CNCCC1O. The minimum Gasteiger partial charge on any atom is -0.393 e. The van der Waals surface area contributed by atoms with Crippen molar-refractivity contribution < 1.29 is 6.48 Å². The van der Waals surface area contributed by atoms with E-state index >= 15 is 0 Å².